The summed E-state index contributed by atoms with van der Waals surface area (Å²) in [6.45, 7) is 0.206. The zero-order chi connectivity index (χ0) is 24.9. The van der Waals surface area contributed by atoms with Crippen LogP contribution in [0.4, 0.5) is 0 Å². The number of tetrazole rings is 1. The molecule has 2 atom stereocenters. The van der Waals surface area contributed by atoms with E-state index in [1.165, 1.54) is 44.9 Å². The van der Waals surface area contributed by atoms with E-state index >= 15 is 0 Å². The quantitative estimate of drug-likeness (QED) is 0.249. The number of rotatable bonds is 11. The molecule has 1 saturated heterocycles. The lowest BCUT2D eigenvalue weighted by Crippen LogP contribution is -2.70. The van der Waals surface area contributed by atoms with Gasteiger partial charge in [0.25, 0.3) is 5.91 Å². The smallest absolute Gasteiger partial charge is 0.352 e. The van der Waals surface area contributed by atoms with Gasteiger partial charge in [-0.05, 0) is 28.1 Å². The van der Waals surface area contributed by atoms with Crippen LogP contribution in [-0.2, 0) is 25.7 Å². The van der Waals surface area contributed by atoms with Gasteiger partial charge >= 0.3 is 5.97 Å². The monoisotopic (exact) mass is 536 g/mol. The number of fused-ring (bicyclic) bond motifs is 1. The number of primary amides is 1. The average Bonchev–Trinajstić information content (AvgIpc) is 3.30. The van der Waals surface area contributed by atoms with E-state index in [1.54, 1.807) is 18.5 Å². The number of pyridine rings is 1. The van der Waals surface area contributed by atoms with E-state index in [9.17, 15) is 24.3 Å². The highest BCUT2D eigenvalue weighted by molar-refractivity contribution is 8.01. The number of hydrogen-bond acceptors (Lipinski definition) is 11. The normalized spacial score (nSPS) is 19.2. The lowest BCUT2D eigenvalue weighted by Gasteiger charge is -2.49. The molecular formula is C19H20N8O5S3. The van der Waals surface area contributed by atoms with E-state index in [4.69, 9.17) is 5.73 Å². The van der Waals surface area contributed by atoms with Crippen LogP contribution in [0.1, 0.15) is 6.42 Å². The molecule has 0 spiro atoms. The Balaban J connectivity index is 1.38. The topological polar surface area (TPSA) is 186 Å². The molecule has 35 heavy (non-hydrogen) atoms. The highest BCUT2D eigenvalue weighted by atomic mass is 32.2. The molecule has 16 heteroatoms. The van der Waals surface area contributed by atoms with E-state index in [1.807, 2.05) is 6.07 Å². The Morgan fingerprint density at radius 1 is 1.31 bits per heavy atom. The second kappa shape index (κ2) is 11.1. The number of carbonyl (C=O) groups is 4. The first kappa shape index (κ1) is 25.0. The Kier molecular flexibility index (Phi) is 7.92. The number of amides is 3. The maximum Gasteiger partial charge on any atom is 0.352 e. The van der Waals surface area contributed by atoms with Crippen LogP contribution >= 0.6 is 35.3 Å². The molecule has 0 aromatic carbocycles. The summed E-state index contributed by atoms with van der Waals surface area (Å²) in [6, 6.07) is 2.81. The molecule has 4 heterocycles. The fourth-order valence-corrected chi connectivity index (χ4v) is 6.48. The van der Waals surface area contributed by atoms with Gasteiger partial charge in [0, 0.05) is 35.2 Å². The van der Waals surface area contributed by atoms with Crippen LogP contribution in [0.2, 0.25) is 0 Å². The first-order valence-electron chi connectivity index (χ1n) is 10.2. The summed E-state index contributed by atoms with van der Waals surface area (Å²) in [4.78, 5) is 54.3. The largest absolute Gasteiger partial charge is 0.477 e. The van der Waals surface area contributed by atoms with Crippen LogP contribution in [-0.4, -0.2) is 87.6 Å². The van der Waals surface area contributed by atoms with Gasteiger partial charge in [0.1, 0.15) is 17.1 Å². The minimum absolute atomic E-state index is 0.0648. The number of thioether (sulfide) groups is 3. The average molecular weight is 537 g/mol. The number of aromatic nitrogens is 5. The predicted molar refractivity (Wildman–Crippen MR) is 127 cm³/mol. The van der Waals surface area contributed by atoms with Crippen LogP contribution in [0.3, 0.4) is 0 Å². The first-order valence-corrected chi connectivity index (χ1v) is 13.3. The number of β-lactam (4-membered cyclic amide) rings is 1. The zero-order valence-corrected chi connectivity index (χ0v) is 20.5. The van der Waals surface area contributed by atoms with E-state index in [0.717, 1.165) is 4.90 Å². The van der Waals surface area contributed by atoms with Crippen molar-refractivity contribution in [2.75, 3.05) is 17.3 Å². The number of carboxylic acid groups (broad SMARTS) is 1. The molecular weight excluding hydrogens is 516 g/mol. The number of hydrogen-bond donors (Lipinski definition) is 3. The molecule has 184 valence electrons. The third-order valence-corrected chi connectivity index (χ3v) is 8.38. The number of carboxylic acids is 1. The van der Waals surface area contributed by atoms with Gasteiger partial charge in [-0.1, -0.05) is 11.8 Å². The van der Waals surface area contributed by atoms with Crippen molar-refractivity contribution in [1.29, 1.82) is 0 Å². The van der Waals surface area contributed by atoms with Crippen molar-refractivity contribution >= 4 is 59.0 Å². The highest BCUT2D eigenvalue weighted by Gasteiger charge is 2.54. The third-order valence-electron chi connectivity index (χ3n) is 5.02. The number of aryl methyl sites for hydroxylation is 1. The summed E-state index contributed by atoms with van der Waals surface area (Å²) >= 11 is 3.88. The van der Waals surface area contributed by atoms with E-state index in [2.05, 4.69) is 25.8 Å². The molecule has 0 radical (unpaired) electrons. The van der Waals surface area contributed by atoms with Crippen LogP contribution in [0, 0.1) is 0 Å². The predicted octanol–water partition coefficient (Wildman–Crippen LogP) is -0.433. The van der Waals surface area contributed by atoms with E-state index in [-0.39, 0.29) is 36.1 Å². The van der Waals surface area contributed by atoms with Crippen molar-refractivity contribution in [3.05, 3.63) is 35.8 Å². The summed E-state index contributed by atoms with van der Waals surface area (Å²) in [5.41, 5.74) is 5.62. The van der Waals surface area contributed by atoms with E-state index in [0.29, 0.717) is 16.5 Å². The molecule has 13 nitrogen and oxygen atoms in total. The van der Waals surface area contributed by atoms with Gasteiger partial charge < -0.3 is 16.2 Å². The van der Waals surface area contributed by atoms with Gasteiger partial charge in [0.05, 0.1) is 12.3 Å². The Bertz CT molecular complexity index is 1170. The zero-order valence-electron chi connectivity index (χ0n) is 18.1. The fraction of sp³-hybridized carbons (Fsp3) is 0.368. The van der Waals surface area contributed by atoms with Crippen molar-refractivity contribution in [2.45, 2.75) is 34.4 Å². The number of nitrogens with zero attached hydrogens (tertiary/aromatic N) is 6. The minimum Gasteiger partial charge on any atom is -0.477 e. The molecule has 4 N–H and O–H groups in total. The summed E-state index contributed by atoms with van der Waals surface area (Å²) < 4.78 is 1.42. The Hall–Kier alpha value is -3.11. The fourth-order valence-electron chi connectivity index (χ4n) is 3.40. The SMILES string of the molecule is NC(=O)CCn1nnnc1SCC1=C(C(=O)O)N2C(=O)C(NC(=O)CSc3cccnc3)[C@H]2SC1. The van der Waals surface area contributed by atoms with Gasteiger partial charge in [-0.25, -0.2) is 9.48 Å². The van der Waals surface area contributed by atoms with Crippen LogP contribution in [0.5, 0.6) is 0 Å². The molecule has 0 aliphatic carbocycles. The maximum absolute atomic E-state index is 12.8. The summed E-state index contributed by atoms with van der Waals surface area (Å²) in [5, 5.41) is 23.7. The lowest BCUT2D eigenvalue weighted by atomic mass is 10.0. The van der Waals surface area contributed by atoms with Crippen molar-refractivity contribution in [1.82, 2.24) is 35.4 Å². The Labute approximate surface area is 211 Å². The molecule has 2 aliphatic rings. The number of carbonyl (C=O) groups excluding carboxylic acids is 3. The van der Waals surface area contributed by atoms with Crippen molar-refractivity contribution in [3.8, 4) is 0 Å². The molecule has 2 aromatic heterocycles. The number of nitrogens with one attached hydrogen (secondary N) is 1. The van der Waals surface area contributed by atoms with Crippen molar-refractivity contribution in [3.63, 3.8) is 0 Å². The van der Waals surface area contributed by atoms with Gasteiger partial charge in [0.15, 0.2) is 0 Å². The molecule has 3 amide bonds. The van der Waals surface area contributed by atoms with Gasteiger partial charge in [-0.2, -0.15) is 0 Å². The Morgan fingerprint density at radius 2 is 2.14 bits per heavy atom. The molecule has 1 unspecified atom stereocenters. The van der Waals surface area contributed by atoms with Crippen LogP contribution in [0.25, 0.3) is 0 Å². The van der Waals surface area contributed by atoms with Crippen molar-refractivity contribution in [2.24, 2.45) is 5.73 Å². The van der Waals surface area contributed by atoms with Crippen molar-refractivity contribution < 1.29 is 24.3 Å². The first-order chi connectivity index (χ1) is 16.8. The number of aliphatic carboxylic acids is 1. The lowest BCUT2D eigenvalue weighted by molar-refractivity contribution is -0.150. The molecule has 0 saturated carbocycles. The summed E-state index contributed by atoms with van der Waals surface area (Å²) in [7, 11) is 0. The standard InChI is InChI=1S/C19H20N8O5S3/c20-12(28)3-5-26-19(23-24-25-26)35-8-10-7-34-17-14(16(30)27(17)15(10)18(31)32)22-13(29)9-33-11-2-1-4-21-6-11/h1-2,4,6,14,17H,3,5,7-9H2,(H2,20,28)(H,22,29)(H,31,32)/t14?,17-/m1/s1. The second-order valence-electron chi connectivity index (χ2n) is 7.38. The van der Waals surface area contributed by atoms with E-state index < -0.39 is 29.2 Å². The minimum atomic E-state index is -1.22. The number of nitrogens with two attached hydrogens (primary N) is 1. The maximum atomic E-state index is 12.8. The van der Waals surface area contributed by atoms with Gasteiger partial charge in [-0.3, -0.25) is 24.3 Å². The van der Waals surface area contributed by atoms with Gasteiger partial charge in [-0.15, -0.1) is 28.6 Å². The molecule has 1 fully saturated rings. The summed E-state index contributed by atoms with van der Waals surface area (Å²) in [6.07, 6.45) is 3.35. The van der Waals surface area contributed by atoms with Gasteiger partial charge in [0.2, 0.25) is 17.0 Å². The summed E-state index contributed by atoms with van der Waals surface area (Å²) in [5.74, 6) is -1.78. The second-order valence-corrected chi connectivity index (χ2v) is 10.5. The van der Waals surface area contributed by atoms with Crippen LogP contribution in [0.15, 0.2) is 45.8 Å². The van der Waals surface area contributed by atoms with Crippen LogP contribution < -0.4 is 11.1 Å². The molecule has 2 aliphatic heterocycles. The molecule has 2 aromatic rings. The Morgan fingerprint density at radius 3 is 2.86 bits per heavy atom. The molecule has 0 bridgehead atoms. The third kappa shape index (κ3) is 5.76. The molecule has 4 rings (SSSR count). The highest BCUT2D eigenvalue weighted by Crippen LogP contribution is 2.41.